The third kappa shape index (κ3) is 39.4. The molecule has 0 aliphatic carbocycles. The first-order chi connectivity index (χ1) is 69.0. The normalized spacial score (nSPS) is 11.0. The SMILES string of the molecule is C.C.CI.CO.COc1ccc(CN=C(N)SC)cc1.COc1ccc(CNC(N)=S)cc1.COc1ccc(Cn2c(NCc3cnc(C)cc3C)nc(=O)n(Cc3ccc4c(c3)CCO4)c2=O)cc1.COc1ccc(Cn2c(SC)nc(=O)[nH]c2=O)cc1.COc1ccc(Cn2c(SC)nc(=O)n(Cc3ccc4c(c3)CCO4)c2=O)cc1.Cc1cc(C)c(CN)cn1.O=C=NC(=O)Cl.OCc1ccc2c(c1)CCO2. The van der Waals surface area contributed by atoms with E-state index in [-0.39, 0.29) is 52.7 Å². The van der Waals surface area contributed by atoms with Crippen molar-refractivity contribution in [3.05, 3.63) is 358 Å². The van der Waals surface area contributed by atoms with Crippen LogP contribution in [0.2, 0.25) is 0 Å². The number of anilines is 1. The van der Waals surface area contributed by atoms with Crippen LogP contribution in [0.3, 0.4) is 0 Å². The van der Waals surface area contributed by atoms with Gasteiger partial charge >= 0.3 is 39.5 Å². The highest BCUT2D eigenvalue weighted by molar-refractivity contribution is 14.1. The maximum Gasteiger partial charge on any atom is 0.355 e. The molecule has 5 aromatic heterocycles. The van der Waals surface area contributed by atoms with E-state index >= 15 is 0 Å². The van der Waals surface area contributed by atoms with Crippen LogP contribution in [0.5, 0.6) is 46.0 Å². The average Bonchev–Trinajstić information content (AvgIpc) is 1.37. The first-order valence-corrected chi connectivity index (χ1v) is 50.6. The maximum absolute atomic E-state index is 13.7. The lowest BCUT2D eigenvalue weighted by Gasteiger charge is -2.16. The zero-order chi connectivity index (χ0) is 104. The number of pyridine rings is 2. The zero-order valence-electron chi connectivity index (χ0n) is 81.8. The minimum atomic E-state index is -1.04. The van der Waals surface area contributed by atoms with Crippen LogP contribution < -0.4 is 99.9 Å². The van der Waals surface area contributed by atoms with Crippen molar-refractivity contribution in [3.8, 4) is 46.0 Å². The number of benzene rings is 8. The minimum absolute atomic E-state index is 0. The van der Waals surface area contributed by atoms with Crippen molar-refractivity contribution in [2.75, 3.05) is 91.5 Å². The second-order valence-electron chi connectivity index (χ2n) is 30.5. The molecule has 8 aromatic carbocycles. The number of aromatic amines is 1. The number of hydrogen-bond acceptors (Lipinski definition) is 30. The number of aliphatic hydroxyl groups excluding tert-OH is 2. The van der Waals surface area contributed by atoms with E-state index in [1.807, 2.05) is 226 Å². The fraction of sp³-hybridized carbons (Fsp3) is 0.311. The molecule has 8 heterocycles. The summed E-state index contributed by atoms with van der Waals surface area (Å²) in [4.78, 5) is 125. The van der Waals surface area contributed by atoms with Crippen LogP contribution in [0, 0.1) is 27.7 Å². The number of aromatic nitrogens is 11. The Morgan fingerprint density at radius 3 is 1.26 bits per heavy atom. The van der Waals surface area contributed by atoms with Gasteiger partial charge in [0.25, 0.3) is 0 Å². The molecule has 3 aliphatic rings. The Morgan fingerprint density at radius 2 is 0.876 bits per heavy atom. The number of isocyanates is 1. The summed E-state index contributed by atoms with van der Waals surface area (Å²) in [6, 6.07) is 59.2. The third-order valence-electron chi connectivity index (χ3n) is 21.1. The van der Waals surface area contributed by atoms with Crippen molar-refractivity contribution in [3.63, 3.8) is 0 Å². The van der Waals surface area contributed by atoms with Crippen LogP contribution in [0.15, 0.2) is 250 Å². The van der Waals surface area contributed by atoms with Crippen LogP contribution >= 0.6 is 81.7 Å². The third-order valence-corrected chi connectivity index (χ3v) is 23.2. The Hall–Kier alpha value is -13.8. The number of amides is 1. The fourth-order valence-corrected chi connectivity index (χ4v) is 15.0. The second kappa shape index (κ2) is 64.8. The number of thioether (sulfide) groups is 3. The van der Waals surface area contributed by atoms with Gasteiger partial charge in [-0.15, -0.1) is 4.99 Å². The van der Waals surface area contributed by atoms with Crippen LogP contribution in [0.4, 0.5) is 10.7 Å². The Balaban J connectivity index is 0.000000306. The van der Waals surface area contributed by atoms with Gasteiger partial charge < -0.3 is 75.9 Å². The minimum Gasteiger partial charge on any atom is -0.497 e. The molecule has 0 bridgehead atoms. The van der Waals surface area contributed by atoms with Gasteiger partial charge in [0.1, 0.15) is 46.0 Å². The molecule has 145 heavy (non-hydrogen) atoms. The van der Waals surface area contributed by atoms with Crippen molar-refractivity contribution in [1.82, 2.24) is 58.1 Å². The smallest absolute Gasteiger partial charge is 0.355 e. The predicted molar refractivity (Wildman–Crippen MR) is 588 cm³/mol. The number of H-pyrrole nitrogens is 1. The van der Waals surface area contributed by atoms with Gasteiger partial charge in [0.15, 0.2) is 20.6 Å². The molecule has 11 N–H and O–H groups in total. The molecule has 0 atom stereocenters. The molecule has 16 rings (SSSR count). The number of carbonyl (C=O) groups is 1. The van der Waals surface area contributed by atoms with Gasteiger partial charge in [-0.1, -0.05) is 164 Å². The number of carbonyl (C=O) groups excluding carboxylic acids is 2. The number of amidine groups is 1. The van der Waals surface area contributed by atoms with Gasteiger partial charge in [0, 0.05) is 69.8 Å². The van der Waals surface area contributed by atoms with E-state index in [1.165, 1.54) is 69.2 Å². The van der Waals surface area contributed by atoms with Crippen LogP contribution in [-0.2, 0) is 89.6 Å². The molecular weight excluding hydrogens is 2070 g/mol. The Kier molecular flexibility index (Phi) is 54.4. The van der Waals surface area contributed by atoms with E-state index in [2.05, 4.69) is 104 Å². The number of halogens is 2. The summed E-state index contributed by atoms with van der Waals surface area (Å²) in [7, 11) is 9.10. The van der Waals surface area contributed by atoms with E-state index < -0.39 is 33.8 Å². The van der Waals surface area contributed by atoms with Crippen molar-refractivity contribution in [2.24, 2.45) is 27.2 Å². The highest BCUT2D eigenvalue weighted by atomic mass is 127. The summed E-state index contributed by atoms with van der Waals surface area (Å²) in [6.45, 7) is 13.6. The van der Waals surface area contributed by atoms with E-state index in [0.717, 1.165) is 169 Å². The number of fused-ring (bicyclic) bond motifs is 3. The van der Waals surface area contributed by atoms with Crippen molar-refractivity contribution in [2.45, 2.75) is 138 Å². The zero-order valence-corrected chi connectivity index (χ0v) is 88.0. The molecule has 0 fully saturated rings. The number of aliphatic hydroxyl groups is 2. The van der Waals surface area contributed by atoms with Crippen LogP contribution in [0.25, 0.3) is 0 Å². The summed E-state index contributed by atoms with van der Waals surface area (Å²) in [5, 5.41) is 22.6. The summed E-state index contributed by atoms with van der Waals surface area (Å²) < 4.78 is 48.8. The Labute approximate surface area is 879 Å². The lowest BCUT2D eigenvalue weighted by atomic mass is 10.1. The molecule has 0 radical (unpaired) electrons. The molecule has 0 unspecified atom stereocenters. The van der Waals surface area contributed by atoms with E-state index in [1.54, 1.807) is 54.3 Å². The quantitative estimate of drug-likeness (QED) is 0.00287. The van der Waals surface area contributed by atoms with Gasteiger partial charge in [-0.25, -0.2) is 42.7 Å². The van der Waals surface area contributed by atoms with Crippen molar-refractivity contribution < 1.29 is 57.7 Å². The molecule has 0 spiro atoms. The monoisotopic (exact) mass is 2190 g/mol. The number of nitrogens with one attached hydrogen (secondary N) is 3. The molecule has 3 aliphatic heterocycles. The van der Waals surface area contributed by atoms with E-state index in [9.17, 15) is 33.6 Å². The summed E-state index contributed by atoms with van der Waals surface area (Å²) in [5.41, 5.74) is 30.7. The number of thiocarbonyl (C=S) groups is 1. The first kappa shape index (κ1) is 122. The summed E-state index contributed by atoms with van der Waals surface area (Å²) >= 11 is 15.3. The molecule has 0 saturated carbocycles. The van der Waals surface area contributed by atoms with Crippen molar-refractivity contribution >= 4 is 109 Å². The summed E-state index contributed by atoms with van der Waals surface area (Å²) in [5.74, 6) is 6.83. The molecule has 1 amide bonds. The van der Waals surface area contributed by atoms with Gasteiger partial charge in [-0.05, 0) is 256 Å². The van der Waals surface area contributed by atoms with Gasteiger partial charge in [-0.3, -0.25) is 38.4 Å². The number of rotatable bonds is 26. The molecule has 13 aromatic rings. The van der Waals surface area contributed by atoms with Gasteiger partial charge in [0.05, 0.1) is 101 Å². The highest BCUT2D eigenvalue weighted by Gasteiger charge is 2.21. The molecule has 42 heteroatoms. The molecule has 36 nitrogen and oxygen atoms in total. The molecular formula is C103H126ClIN18O18S4. The predicted octanol–water partition coefficient (Wildman–Crippen LogP) is 13.7. The number of aryl methyl sites for hydroxylation is 4. The highest BCUT2D eigenvalue weighted by Crippen LogP contribution is 2.30. The molecule has 774 valence electrons. The molecule has 0 saturated heterocycles. The number of nitrogens with two attached hydrogens (primary N) is 3. The Morgan fingerprint density at radius 1 is 0.510 bits per heavy atom. The number of aliphatic imine (C=N–C) groups is 2. The number of methoxy groups -OCH3 is 5. The van der Waals surface area contributed by atoms with Crippen LogP contribution in [0.1, 0.15) is 110 Å². The number of hydrogen-bond donors (Lipinski definition) is 8. The van der Waals surface area contributed by atoms with Gasteiger partial charge in [-0.2, -0.15) is 15.0 Å². The first-order valence-electron chi connectivity index (χ1n) is 44.0. The fourth-order valence-electron chi connectivity index (χ4n) is 13.7. The number of ether oxygens (including phenoxy) is 8. The Bertz CT molecular complexity index is 6780. The second-order valence-corrected chi connectivity index (χ2v) is 33.7. The summed E-state index contributed by atoms with van der Waals surface area (Å²) in [6.07, 6.45) is 12.7. The average molecular weight is 2190 g/mol. The standard InChI is InChI=1S/C28H29N5O4.C21H21N3O4S.C12H13N3O3S.C10H14N2OS.C9H12N2OS.C9H10O2.C8H12N2.C2ClNO2.CH3I.CH4O.2CH4/c1-18-12-19(2)29-14-23(18)15-30-26-31-27(34)33(17-21-6-9-25-22(13-21)10-11-37-25)28(35)32(26)16-20-4-7-24(36-3)8-5-20;1-27-17-6-3-14(4-7-17)12-24-20(29-2)22-19(25)23(21(24)26)13-15-5-8-18-16(11-15)9-10-28-18;1-18-9-5-3-8(4-6-9)7-15-11(17)13-10(16)14-12(15)19-2;1-13-9-5-3-8(4-6-9)7-12-10(11)14-2;1-12-8-4-2-7(3-5-8)6-11-9(10)13;10-6-7-1-2-9-8(5-7)3-4-11-9;1-6-3-7(2)10-5-8(6)4-9;3-2(6)4-1-5;2*1-2;;/h4-9,12-14H,10-11,15-17H2,1-3H3,(H,30,31,34);3-8,11H,9-10,12-13H2,1-2H3;3-6H,7H2,1-2H3,(H,13,16,17);3-6H,7H2,1-2H3,(H2,11,12);2-5H,6H2,1H3,(H3,10,11,13);1-2,5,10H,3-4,6H2;3,5H,4,9H2,1-2H3;;1H3;2H,1H3;2*1H4. The van der Waals surface area contributed by atoms with Crippen molar-refractivity contribution in [1.29, 1.82) is 0 Å². The maximum atomic E-state index is 13.7. The van der Waals surface area contributed by atoms with E-state index in [0.29, 0.717) is 73.1 Å². The number of nitrogens with zero attached hydrogens (tertiary/aromatic N) is 12. The van der Waals surface area contributed by atoms with E-state index in [4.69, 9.17) is 70.1 Å². The van der Waals surface area contributed by atoms with Gasteiger partial charge in [0.2, 0.25) is 12.0 Å². The number of alkyl halides is 1. The lowest BCUT2D eigenvalue weighted by Crippen LogP contribution is -2.43. The topological polar surface area (TPSA) is 483 Å². The largest absolute Gasteiger partial charge is 0.497 e. The lowest BCUT2D eigenvalue weighted by molar-refractivity contribution is 0.266. The van der Waals surface area contributed by atoms with Crippen LogP contribution in [-0.4, -0.2) is 171 Å².